The predicted molar refractivity (Wildman–Crippen MR) is 59.4 cm³/mol. The Kier molecular flexibility index (Phi) is 2.32. The summed E-state index contributed by atoms with van der Waals surface area (Å²) in [6.45, 7) is 0. The molecule has 0 aliphatic heterocycles. The Hall–Kier alpha value is -1.98. The van der Waals surface area contributed by atoms with Gasteiger partial charge in [-0.3, -0.25) is 4.99 Å². The number of hydrogen-bond acceptors (Lipinski definition) is 5. The fraction of sp³-hybridized carbons (Fsp3) is 0.333. The number of aliphatic imine (C=N–C) groups is 1. The molecule has 0 amide bonds. The molecule has 0 unspecified atom stereocenters. The van der Waals surface area contributed by atoms with Crippen molar-refractivity contribution in [3.8, 4) is 0 Å². The lowest BCUT2D eigenvalue weighted by Crippen LogP contribution is -2.02. The summed E-state index contributed by atoms with van der Waals surface area (Å²) in [5, 5.41) is 2.99. The largest absolute Gasteiger partial charge is 0.371 e. The average molecular weight is 204 g/mol. The van der Waals surface area contributed by atoms with Gasteiger partial charge in [-0.1, -0.05) is 0 Å². The normalized spacial score (nSPS) is 11.4. The number of fused-ring (bicyclic) bond motifs is 1. The summed E-state index contributed by atoms with van der Waals surface area (Å²) < 4.78 is 1.85. The Bertz CT molecular complexity index is 513. The molecule has 1 N–H and O–H groups in total. The van der Waals surface area contributed by atoms with Gasteiger partial charge in [0.05, 0.1) is 12.5 Å². The third kappa shape index (κ3) is 1.54. The van der Waals surface area contributed by atoms with Gasteiger partial charge in [0, 0.05) is 21.1 Å². The van der Waals surface area contributed by atoms with Gasteiger partial charge in [-0.05, 0) is 0 Å². The SMILES string of the molecule is CN=Cc1nc(NC)c2ncn(C)c2n1. The van der Waals surface area contributed by atoms with Crippen molar-refractivity contribution in [1.29, 1.82) is 0 Å². The Morgan fingerprint density at radius 1 is 1.47 bits per heavy atom. The molecule has 0 aliphatic carbocycles. The van der Waals surface area contributed by atoms with Crippen LogP contribution in [0.2, 0.25) is 0 Å². The number of imidazole rings is 1. The number of hydrogen-bond donors (Lipinski definition) is 1. The summed E-state index contributed by atoms with van der Waals surface area (Å²) in [4.78, 5) is 16.7. The molecule has 0 bridgehead atoms. The molecule has 0 atom stereocenters. The van der Waals surface area contributed by atoms with E-state index in [0.29, 0.717) is 5.82 Å². The molecule has 2 rings (SSSR count). The van der Waals surface area contributed by atoms with Gasteiger partial charge in [-0.15, -0.1) is 0 Å². The molecule has 0 aromatic carbocycles. The third-order valence-electron chi connectivity index (χ3n) is 2.06. The fourth-order valence-corrected chi connectivity index (χ4v) is 1.37. The van der Waals surface area contributed by atoms with Crippen LogP contribution in [0.4, 0.5) is 5.82 Å². The second-order valence-electron chi connectivity index (χ2n) is 3.10. The average Bonchev–Trinajstić information content (AvgIpc) is 2.60. The monoisotopic (exact) mass is 204 g/mol. The molecule has 0 fully saturated rings. The van der Waals surface area contributed by atoms with E-state index >= 15 is 0 Å². The molecule has 0 saturated heterocycles. The number of rotatable bonds is 2. The first-order valence-corrected chi connectivity index (χ1v) is 4.55. The number of nitrogens with zero attached hydrogens (tertiary/aromatic N) is 5. The number of aryl methyl sites for hydroxylation is 1. The summed E-state index contributed by atoms with van der Waals surface area (Å²) in [5.41, 5.74) is 1.57. The summed E-state index contributed by atoms with van der Waals surface area (Å²) in [7, 11) is 5.40. The minimum absolute atomic E-state index is 0.581. The van der Waals surface area contributed by atoms with E-state index in [1.165, 1.54) is 0 Å². The van der Waals surface area contributed by atoms with E-state index in [1.807, 2.05) is 18.7 Å². The van der Waals surface area contributed by atoms with Gasteiger partial charge in [0.15, 0.2) is 17.3 Å². The highest BCUT2D eigenvalue weighted by Gasteiger charge is 2.09. The molecule has 15 heavy (non-hydrogen) atoms. The number of aromatic nitrogens is 4. The van der Waals surface area contributed by atoms with Gasteiger partial charge in [0.2, 0.25) is 0 Å². The van der Waals surface area contributed by atoms with E-state index in [1.54, 1.807) is 19.6 Å². The van der Waals surface area contributed by atoms with Crippen LogP contribution in [0.1, 0.15) is 5.82 Å². The Morgan fingerprint density at radius 2 is 2.27 bits per heavy atom. The zero-order chi connectivity index (χ0) is 10.8. The van der Waals surface area contributed by atoms with E-state index in [-0.39, 0.29) is 0 Å². The zero-order valence-corrected chi connectivity index (χ0v) is 8.89. The van der Waals surface area contributed by atoms with Crippen LogP contribution in [0.5, 0.6) is 0 Å². The first-order chi connectivity index (χ1) is 7.26. The van der Waals surface area contributed by atoms with Crippen LogP contribution in [0.3, 0.4) is 0 Å². The summed E-state index contributed by atoms with van der Waals surface area (Å²) >= 11 is 0. The van der Waals surface area contributed by atoms with Crippen LogP contribution in [0, 0.1) is 0 Å². The molecule has 2 heterocycles. The van der Waals surface area contributed by atoms with Gasteiger partial charge in [-0.2, -0.15) is 0 Å². The predicted octanol–water partition coefficient (Wildman–Crippen LogP) is 0.454. The van der Waals surface area contributed by atoms with Crippen LogP contribution in [0.15, 0.2) is 11.3 Å². The second kappa shape index (κ2) is 3.64. The van der Waals surface area contributed by atoms with E-state index in [9.17, 15) is 0 Å². The Morgan fingerprint density at radius 3 is 2.93 bits per heavy atom. The lowest BCUT2D eigenvalue weighted by Gasteiger charge is -2.01. The topological polar surface area (TPSA) is 68.0 Å². The fourth-order valence-electron chi connectivity index (χ4n) is 1.37. The molecule has 6 heteroatoms. The quantitative estimate of drug-likeness (QED) is 0.721. The molecule has 0 aliphatic rings. The third-order valence-corrected chi connectivity index (χ3v) is 2.06. The van der Waals surface area contributed by atoms with Crippen LogP contribution in [0.25, 0.3) is 11.2 Å². The highest BCUT2D eigenvalue weighted by Crippen LogP contribution is 2.16. The molecule has 2 aromatic rings. The maximum absolute atomic E-state index is 4.33. The van der Waals surface area contributed by atoms with E-state index < -0.39 is 0 Å². The minimum atomic E-state index is 0.581. The molecule has 2 aromatic heterocycles. The first kappa shape index (κ1) is 9.57. The Labute approximate surface area is 87.1 Å². The first-order valence-electron chi connectivity index (χ1n) is 4.55. The summed E-state index contributed by atoms with van der Waals surface area (Å²) in [5.74, 6) is 1.30. The number of anilines is 1. The van der Waals surface area contributed by atoms with Crippen molar-refractivity contribution in [2.45, 2.75) is 0 Å². The van der Waals surface area contributed by atoms with E-state index in [4.69, 9.17) is 0 Å². The van der Waals surface area contributed by atoms with E-state index in [2.05, 4.69) is 25.3 Å². The van der Waals surface area contributed by atoms with Gasteiger partial charge < -0.3 is 9.88 Å². The van der Waals surface area contributed by atoms with Crippen LogP contribution in [-0.4, -0.2) is 39.8 Å². The van der Waals surface area contributed by atoms with Crippen LogP contribution in [-0.2, 0) is 7.05 Å². The highest BCUT2D eigenvalue weighted by atomic mass is 15.1. The van der Waals surface area contributed by atoms with Crippen molar-refractivity contribution in [2.24, 2.45) is 12.0 Å². The van der Waals surface area contributed by atoms with Gasteiger partial charge >= 0.3 is 0 Å². The van der Waals surface area contributed by atoms with Crippen molar-refractivity contribution in [3.05, 3.63) is 12.2 Å². The zero-order valence-electron chi connectivity index (χ0n) is 8.89. The van der Waals surface area contributed by atoms with Crippen molar-refractivity contribution >= 4 is 23.2 Å². The van der Waals surface area contributed by atoms with Gasteiger partial charge in [0.1, 0.15) is 5.52 Å². The highest BCUT2D eigenvalue weighted by molar-refractivity contribution is 5.86. The minimum Gasteiger partial charge on any atom is -0.371 e. The molecule has 6 nitrogen and oxygen atoms in total. The molecular weight excluding hydrogens is 192 g/mol. The summed E-state index contributed by atoms with van der Waals surface area (Å²) in [6.07, 6.45) is 3.33. The lowest BCUT2D eigenvalue weighted by molar-refractivity contribution is 0.927. The molecule has 0 spiro atoms. The molecule has 0 saturated carbocycles. The molecule has 0 radical (unpaired) electrons. The summed E-state index contributed by atoms with van der Waals surface area (Å²) in [6, 6.07) is 0. The number of nitrogens with one attached hydrogen (secondary N) is 1. The molecule has 78 valence electrons. The smallest absolute Gasteiger partial charge is 0.174 e. The van der Waals surface area contributed by atoms with Gasteiger partial charge in [-0.25, -0.2) is 15.0 Å². The van der Waals surface area contributed by atoms with Gasteiger partial charge in [0.25, 0.3) is 0 Å². The van der Waals surface area contributed by atoms with Crippen LogP contribution >= 0.6 is 0 Å². The maximum Gasteiger partial charge on any atom is 0.174 e. The van der Waals surface area contributed by atoms with Crippen LogP contribution < -0.4 is 5.32 Å². The molecular formula is C9H12N6. The van der Waals surface area contributed by atoms with Crippen molar-refractivity contribution in [3.63, 3.8) is 0 Å². The maximum atomic E-state index is 4.33. The van der Waals surface area contributed by atoms with Crippen molar-refractivity contribution < 1.29 is 0 Å². The second-order valence-corrected chi connectivity index (χ2v) is 3.10. The van der Waals surface area contributed by atoms with E-state index in [0.717, 1.165) is 17.0 Å². The standard InChI is InChI=1S/C9H12N6/c1-10-4-6-13-8(11-2)7-9(14-6)15(3)5-12-7/h4-5H,1-3H3,(H,11,13,14). The van der Waals surface area contributed by atoms with Crippen molar-refractivity contribution in [2.75, 3.05) is 19.4 Å². The van der Waals surface area contributed by atoms with Crippen molar-refractivity contribution in [1.82, 2.24) is 19.5 Å². The lowest BCUT2D eigenvalue weighted by atomic mass is 10.4. The Balaban J connectivity index is 2.73.